The summed E-state index contributed by atoms with van der Waals surface area (Å²) in [5.41, 5.74) is 6.24. The summed E-state index contributed by atoms with van der Waals surface area (Å²) in [6.45, 7) is 0. The first-order valence-corrected chi connectivity index (χ1v) is 6.72. The van der Waals surface area contributed by atoms with Crippen LogP contribution in [0.3, 0.4) is 0 Å². The number of amides is 3. The van der Waals surface area contributed by atoms with Crippen molar-refractivity contribution < 1.29 is 18.8 Å². The Morgan fingerprint density at radius 3 is 2.26 bits per heavy atom. The van der Waals surface area contributed by atoms with Gasteiger partial charge in [-0.1, -0.05) is 11.6 Å². The van der Waals surface area contributed by atoms with Crippen LogP contribution in [0.4, 0.5) is 15.8 Å². The Balaban J connectivity index is 1.99. The van der Waals surface area contributed by atoms with Crippen molar-refractivity contribution in [3.05, 3.63) is 58.9 Å². The fraction of sp³-hybridized carbons (Fsp3) is 0. The Kier molecular flexibility index (Phi) is 4.92. The van der Waals surface area contributed by atoms with Crippen molar-refractivity contribution in [2.75, 3.05) is 11.1 Å². The molecule has 23 heavy (non-hydrogen) atoms. The molecule has 0 saturated carbocycles. The highest BCUT2D eigenvalue weighted by molar-refractivity contribution is 6.42. The third-order valence-corrected chi connectivity index (χ3v) is 3.07. The molecule has 0 atom stereocenters. The molecular formula is C15H11ClFN3O3. The van der Waals surface area contributed by atoms with Crippen LogP contribution in [-0.4, -0.2) is 17.7 Å². The summed E-state index contributed by atoms with van der Waals surface area (Å²) >= 11 is 5.56. The third kappa shape index (κ3) is 4.27. The Morgan fingerprint density at radius 2 is 1.65 bits per heavy atom. The molecule has 0 aliphatic carbocycles. The molecule has 0 saturated heterocycles. The normalized spacial score (nSPS) is 10.0. The van der Waals surface area contributed by atoms with Gasteiger partial charge in [0.25, 0.3) is 5.91 Å². The number of nitrogens with one attached hydrogen (secondary N) is 2. The zero-order valence-corrected chi connectivity index (χ0v) is 12.4. The predicted molar refractivity (Wildman–Crippen MR) is 83.4 cm³/mol. The first-order valence-electron chi connectivity index (χ1n) is 6.34. The maximum atomic E-state index is 13.0. The Hall–Kier alpha value is -2.93. The summed E-state index contributed by atoms with van der Waals surface area (Å²) < 4.78 is 13.0. The van der Waals surface area contributed by atoms with Gasteiger partial charge in [-0.05, 0) is 42.5 Å². The van der Waals surface area contributed by atoms with Gasteiger partial charge in [0.05, 0.1) is 5.02 Å². The number of hydrogen-bond donors (Lipinski definition) is 3. The molecule has 0 bridgehead atoms. The first-order chi connectivity index (χ1) is 10.9. The van der Waals surface area contributed by atoms with Crippen LogP contribution < -0.4 is 16.4 Å². The lowest BCUT2D eigenvalue weighted by molar-refractivity contribution is -0.135. The Bertz CT molecular complexity index is 778. The van der Waals surface area contributed by atoms with Crippen LogP contribution in [0.25, 0.3) is 0 Å². The molecule has 8 heteroatoms. The lowest BCUT2D eigenvalue weighted by Gasteiger charge is -2.06. The van der Waals surface area contributed by atoms with E-state index in [1.54, 1.807) is 0 Å². The average molecular weight is 336 g/mol. The molecule has 0 spiro atoms. The number of halogens is 2. The molecule has 0 radical (unpaired) electrons. The van der Waals surface area contributed by atoms with E-state index in [-0.39, 0.29) is 16.3 Å². The van der Waals surface area contributed by atoms with Gasteiger partial charge in [-0.25, -0.2) is 4.39 Å². The summed E-state index contributed by atoms with van der Waals surface area (Å²) in [5, 5.41) is 3.92. The van der Waals surface area contributed by atoms with Crippen LogP contribution in [0.5, 0.6) is 0 Å². The molecule has 3 amide bonds. The standard InChI is InChI=1S/C15H11ClFN3O3/c16-11-7-10(5-6-12(11)17)19-14(22)15(23)20-13(21)8-1-3-9(18)4-2-8/h1-7H,18H2,(H,19,22)(H,20,21,23). The number of benzene rings is 2. The van der Waals surface area contributed by atoms with E-state index < -0.39 is 23.5 Å². The number of carbonyl (C=O) groups is 3. The molecule has 0 fully saturated rings. The van der Waals surface area contributed by atoms with Crippen LogP contribution in [0.15, 0.2) is 42.5 Å². The molecule has 2 rings (SSSR count). The maximum absolute atomic E-state index is 13.0. The van der Waals surface area contributed by atoms with Gasteiger partial charge in [0.2, 0.25) is 0 Å². The minimum absolute atomic E-state index is 0.122. The minimum atomic E-state index is -1.16. The number of carbonyl (C=O) groups excluding carboxylic acids is 3. The molecule has 2 aromatic rings. The van der Waals surface area contributed by atoms with Crippen LogP contribution in [0.1, 0.15) is 10.4 Å². The van der Waals surface area contributed by atoms with Crippen LogP contribution >= 0.6 is 11.6 Å². The fourth-order valence-corrected chi connectivity index (χ4v) is 1.81. The molecule has 118 valence electrons. The first kappa shape index (κ1) is 16.4. The summed E-state index contributed by atoms with van der Waals surface area (Å²) in [6.07, 6.45) is 0. The smallest absolute Gasteiger partial charge is 0.316 e. The number of nitrogen functional groups attached to an aromatic ring is 1. The molecule has 0 aliphatic rings. The average Bonchev–Trinajstić information content (AvgIpc) is 2.51. The van der Waals surface area contributed by atoms with Crippen molar-refractivity contribution in [1.29, 1.82) is 0 Å². The van der Waals surface area contributed by atoms with E-state index in [1.807, 2.05) is 5.32 Å². The highest BCUT2D eigenvalue weighted by Gasteiger charge is 2.18. The van der Waals surface area contributed by atoms with Crippen LogP contribution in [0.2, 0.25) is 5.02 Å². The predicted octanol–water partition coefficient (Wildman–Crippen LogP) is 1.96. The molecular weight excluding hydrogens is 325 g/mol. The second kappa shape index (κ2) is 6.89. The van der Waals surface area contributed by atoms with Crippen LogP contribution in [-0.2, 0) is 9.59 Å². The van der Waals surface area contributed by atoms with Gasteiger partial charge in [0, 0.05) is 16.9 Å². The topological polar surface area (TPSA) is 101 Å². The highest BCUT2D eigenvalue weighted by Crippen LogP contribution is 2.19. The maximum Gasteiger partial charge on any atom is 0.316 e. The van der Waals surface area contributed by atoms with E-state index in [4.69, 9.17) is 17.3 Å². The van der Waals surface area contributed by atoms with Gasteiger partial charge in [0.1, 0.15) is 5.82 Å². The van der Waals surface area contributed by atoms with E-state index in [1.165, 1.54) is 30.3 Å². The SMILES string of the molecule is Nc1ccc(C(=O)NC(=O)C(=O)Nc2ccc(F)c(Cl)c2)cc1. The van der Waals surface area contributed by atoms with Crippen molar-refractivity contribution in [3.63, 3.8) is 0 Å². The van der Waals surface area contributed by atoms with Crippen molar-refractivity contribution in [2.24, 2.45) is 0 Å². The third-order valence-electron chi connectivity index (χ3n) is 2.78. The molecule has 0 unspecified atom stereocenters. The monoisotopic (exact) mass is 335 g/mol. The second-order valence-electron chi connectivity index (χ2n) is 4.49. The van der Waals surface area contributed by atoms with Gasteiger partial charge >= 0.3 is 11.8 Å². The van der Waals surface area contributed by atoms with Gasteiger partial charge in [-0.3, -0.25) is 19.7 Å². The Labute approximate surface area is 135 Å². The van der Waals surface area contributed by atoms with Crippen molar-refractivity contribution in [2.45, 2.75) is 0 Å². The largest absolute Gasteiger partial charge is 0.399 e. The summed E-state index contributed by atoms with van der Waals surface area (Å²) in [4.78, 5) is 35.2. The van der Waals surface area contributed by atoms with Crippen molar-refractivity contribution in [1.82, 2.24) is 5.32 Å². The van der Waals surface area contributed by atoms with Gasteiger partial charge < -0.3 is 11.1 Å². The van der Waals surface area contributed by atoms with Gasteiger partial charge in [-0.15, -0.1) is 0 Å². The number of rotatable bonds is 2. The number of anilines is 2. The number of hydrogen-bond acceptors (Lipinski definition) is 4. The van der Waals surface area contributed by atoms with Gasteiger partial charge in [-0.2, -0.15) is 0 Å². The lowest BCUT2D eigenvalue weighted by atomic mass is 10.2. The molecule has 0 aliphatic heterocycles. The number of imide groups is 1. The van der Waals surface area contributed by atoms with E-state index in [0.717, 1.165) is 12.1 Å². The summed E-state index contributed by atoms with van der Waals surface area (Å²) in [7, 11) is 0. The zero-order valence-electron chi connectivity index (χ0n) is 11.6. The quantitative estimate of drug-likeness (QED) is 0.576. The van der Waals surface area contributed by atoms with Crippen LogP contribution in [0, 0.1) is 5.82 Å². The van der Waals surface area contributed by atoms with Gasteiger partial charge in [0.15, 0.2) is 0 Å². The molecule has 0 aromatic heterocycles. The molecule has 4 N–H and O–H groups in total. The van der Waals surface area contributed by atoms with E-state index in [0.29, 0.717) is 5.69 Å². The van der Waals surface area contributed by atoms with E-state index in [2.05, 4.69) is 5.32 Å². The lowest BCUT2D eigenvalue weighted by Crippen LogP contribution is -2.39. The summed E-state index contributed by atoms with van der Waals surface area (Å²) in [6, 6.07) is 9.21. The number of nitrogens with two attached hydrogens (primary N) is 1. The van der Waals surface area contributed by atoms with Crippen molar-refractivity contribution in [3.8, 4) is 0 Å². The Morgan fingerprint density at radius 1 is 1.00 bits per heavy atom. The van der Waals surface area contributed by atoms with Crippen molar-refractivity contribution >= 4 is 40.7 Å². The van der Waals surface area contributed by atoms with E-state index in [9.17, 15) is 18.8 Å². The molecule has 2 aromatic carbocycles. The van der Waals surface area contributed by atoms with E-state index >= 15 is 0 Å². The molecule has 6 nitrogen and oxygen atoms in total. The molecule has 0 heterocycles. The highest BCUT2D eigenvalue weighted by atomic mass is 35.5. The fourth-order valence-electron chi connectivity index (χ4n) is 1.63. The zero-order chi connectivity index (χ0) is 17.0. The minimum Gasteiger partial charge on any atom is -0.399 e. The summed E-state index contributed by atoms with van der Waals surface area (Å²) in [5.74, 6) is -3.65. The second-order valence-corrected chi connectivity index (χ2v) is 4.90.